The summed E-state index contributed by atoms with van der Waals surface area (Å²) >= 11 is 7.74. The number of thiazole rings is 1. The van der Waals surface area contributed by atoms with E-state index in [1.807, 2.05) is 29.6 Å². The number of hydrogen-bond donors (Lipinski definition) is 1. The van der Waals surface area contributed by atoms with E-state index in [0.29, 0.717) is 10.2 Å². The third-order valence-corrected chi connectivity index (χ3v) is 5.15. The zero-order valence-electron chi connectivity index (χ0n) is 12.9. The summed E-state index contributed by atoms with van der Waals surface area (Å²) in [5.74, 6) is -0.00425. The first-order chi connectivity index (χ1) is 10.3. The van der Waals surface area contributed by atoms with E-state index >= 15 is 0 Å². The number of amides is 1. The Balaban J connectivity index is 1.81. The number of carbonyl (C=O) groups is 1. The van der Waals surface area contributed by atoms with E-state index in [0.717, 1.165) is 24.1 Å². The van der Waals surface area contributed by atoms with Gasteiger partial charge in [0, 0.05) is 15.8 Å². The Kier molecular flexibility index (Phi) is 3.77. The zero-order valence-corrected chi connectivity index (χ0v) is 14.5. The summed E-state index contributed by atoms with van der Waals surface area (Å²) in [5.41, 5.74) is 1.42. The fourth-order valence-electron chi connectivity index (χ4n) is 2.49. The molecule has 0 saturated heterocycles. The normalized spacial score (nSPS) is 16.4. The minimum Gasteiger partial charge on any atom is -0.301 e. The van der Waals surface area contributed by atoms with Gasteiger partial charge < -0.3 is 5.32 Å². The highest BCUT2D eigenvalue weighted by Gasteiger charge is 2.52. The average Bonchev–Trinajstić information content (AvgIpc) is 3.11. The molecule has 1 aliphatic rings. The molecule has 1 saturated carbocycles. The van der Waals surface area contributed by atoms with Gasteiger partial charge in [0.1, 0.15) is 0 Å². The maximum atomic E-state index is 12.7. The highest BCUT2D eigenvalue weighted by Crippen LogP contribution is 2.51. The molecule has 1 heterocycles. The van der Waals surface area contributed by atoms with Crippen LogP contribution in [0.25, 0.3) is 0 Å². The fraction of sp³-hybridized carbons (Fsp3) is 0.412. The molecule has 0 radical (unpaired) electrons. The number of halogens is 1. The molecule has 0 unspecified atom stereocenters. The molecular weight excluding hydrogens is 316 g/mol. The maximum Gasteiger partial charge on any atom is 0.236 e. The van der Waals surface area contributed by atoms with Gasteiger partial charge in [-0.25, -0.2) is 4.98 Å². The van der Waals surface area contributed by atoms with E-state index in [2.05, 4.69) is 31.1 Å². The molecule has 1 amide bonds. The van der Waals surface area contributed by atoms with Crippen LogP contribution in [0.15, 0.2) is 29.6 Å². The summed E-state index contributed by atoms with van der Waals surface area (Å²) in [4.78, 5) is 17.2. The molecule has 1 N–H and O–H groups in total. The molecule has 0 spiro atoms. The van der Waals surface area contributed by atoms with Crippen molar-refractivity contribution in [3.63, 3.8) is 0 Å². The van der Waals surface area contributed by atoms with Crippen molar-refractivity contribution >= 4 is 34.0 Å². The Bertz CT molecular complexity index is 713. The van der Waals surface area contributed by atoms with Gasteiger partial charge in [0.25, 0.3) is 0 Å². The largest absolute Gasteiger partial charge is 0.301 e. The molecule has 1 aliphatic carbocycles. The van der Waals surface area contributed by atoms with Crippen LogP contribution in [0.3, 0.4) is 0 Å². The van der Waals surface area contributed by atoms with Crippen LogP contribution >= 0.6 is 22.9 Å². The van der Waals surface area contributed by atoms with Crippen LogP contribution < -0.4 is 5.32 Å². The molecule has 1 aromatic heterocycles. The third kappa shape index (κ3) is 2.77. The second-order valence-corrected chi connectivity index (χ2v) is 8.07. The quantitative estimate of drug-likeness (QED) is 0.878. The Morgan fingerprint density at radius 2 is 2.00 bits per heavy atom. The number of aromatic nitrogens is 1. The number of carbonyl (C=O) groups excluding carboxylic acids is 1. The van der Waals surface area contributed by atoms with Gasteiger partial charge in [0.2, 0.25) is 5.91 Å². The number of rotatable bonds is 3. The molecule has 5 heteroatoms. The summed E-state index contributed by atoms with van der Waals surface area (Å²) in [6, 6.07) is 7.59. The van der Waals surface area contributed by atoms with Gasteiger partial charge in [-0.3, -0.25) is 4.79 Å². The van der Waals surface area contributed by atoms with Crippen LogP contribution in [-0.4, -0.2) is 10.9 Å². The van der Waals surface area contributed by atoms with E-state index in [1.54, 1.807) is 0 Å². The fourth-order valence-corrected chi connectivity index (χ4v) is 3.73. The number of nitrogens with zero attached hydrogens (tertiary/aromatic N) is 1. The average molecular weight is 335 g/mol. The molecule has 1 fully saturated rings. The van der Waals surface area contributed by atoms with Crippen LogP contribution in [0.4, 0.5) is 5.13 Å². The topological polar surface area (TPSA) is 42.0 Å². The second-order valence-electron chi connectivity index (χ2n) is 6.80. The molecule has 1 aromatic carbocycles. The predicted octanol–water partition coefficient (Wildman–Crippen LogP) is 4.76. The molecule has 0 bridgehead atoms. The molecular formula is C17H19ClN2OS. The van der Waals surface area contributed by atoms with Crippen molar-refractivity contribution in [1.29, 1.82) is 0 Å². The van der Waals surface area contributed by atoms with Gasteiger partial charge >= 0.3 is 0 Å². The van der Waals surface area contributed by atoms with Gasteiger partial charge in [-0.2, -0.15) is 0 Å². The van der Waals surface area contributed by atoms with E-state index in [9.17, 15) is 4.79 Å². The lowest BCUT2D eigenvalue weighted by Crippen LogP contribution is -2.28. The number of benzene rings is 1. The summed E-state index contributed by atoms with van der Waals surface area (Å²) in [7, 11) is 0. The lowest BCUT2D eigenvalue weighted by atomic mass is 9.93. The van der Waals surface area contributed by atoms with E-state index in [-0.39, 0.29) is 11.3 Å². The summed E-state index contributed by atoms with van der Waals surface area (Å²) in [6.45, 7) is 6.33. The van der Waals surface area contributed by atoms with Crippen molar-refractivity contribution in [1.82, 2.24) is 4.98 Å². The first-order valence-electron chi connectivity index (χ1n) is 7.35. The van der Waals surface area contributed by atoms with Crippen LogP contribution in [0, 0.1) is 0 Å². The standard InChI is InChI=1S/C17H19ClN2OS/c1-16(2,3)13-10-22-15(19-13)20-14(21)17(8-9-17)11-6-4-5-7-12(11)18/h4-7,10H,8-9H2,1-3H3,(H,19,20,21). The van der Waals surface area contributed by atoms with Crippen molar-refractivity contribution in [3.05, 3.63) is 45.9 Å². The third-order valence-electron chi connectivity index (χ3n) is 4.07. The lowest BCUT2D eigenvalue weighted by molar-refractivity contribution is -0.118. The van der Waals surface area contributed by atoms with Crippen molar-refractivity contribution in [2.45, 2.75) is 44.4 Å². The zero-order chi connectivity index (χ0) is 16.0. The molecule has 0 aliphatic heterocycles. The SMILES string of the molecule is CC(C)(C)c1csc(NC(=O)C2(c3ccccc3Cl)CC2)n1. The second kappa shape index (κ2) is 5.36. The van der Waals surface area contributed by atoms with Gasteiger partial charge in [0.05, 0.1) is 11.1 Å². The van der Waals surface area contributed by atoms with Crippen molar-refractivity contribution in [2.24, 2.45) is 0 Å². The lowest BCUT2D eigenvalue weighted by Gasteiger charge is -2.16. The number of nitrogens with one attached hydrogen (secondary N) is 1. The van der Waals surface area contributed by atoms with Crippen molar-refractivity contribution < 1.29 is 4.79 Å². The predicted molar refractivity (Wildman–Crippen MR) is 91.8 cm³/mol. The molecule has 3 nitrogen and oxygen atoms in total. The Morgan fingerprint density at radius 3 is 2.55 bits per heavy atom. The minimum absolute atomic E-state index is 0.00425. The molecule has 3 rings (SSSR count). The Morgan fingerprint density at radius 1 is 1.32 bits per heavy atom. The van der Waals surface area contributed by atoms with Gasteiger partial charge in [-0.1, -0.05) is 50.6 Å². The molecule has 22 heavy (non-hydrogen) atoms. The highest BCUT2D eigenvalue weighted by atomic mass is 35.5. The van der Waals surface area contributed by atoms with Crippen molar-refractivity contribution in [2.75, 3.05) is 5.32 Å². The van der Waals surface area contributed by atoms with E-state index in [4.69, 9.17) is 11.6 Å². The monoisotopic (exact) mass is 334 g/mol. The summed E-state index contributed by atoms with van der Waals surface area (Å²) < 4.78 is 0. The van der Waals surface area contributed by atoms with Crippen LogP contribution in [-0.2, 0) is 15.6 Å². The van der Waals surface area contributed by atoms with Crippen LogP contribution in [0.1, 0.15) is 44.9 Å². The van der Waals surface area contributed by atoms with Gasteiger partial charge in [-0.15, -0.1) is 11.3 Å². The van der Waals surface area contributed by atoms with E-state index < -0.39 is 5.41 Å². The Labute approximate surface area is 139 Å². The van der Waals surface area contributed by atoms with E-state index in [1.165, 1.54) is 11.3 Å². The highest BCUT2D eigenvalue weighted by molar-refractivity contribution is 7.14. The van der Waals surface area contributed by atoms with Gasteiger partial charge in [0.15, 0.2) is 5.13 Å². The Hall–Kier alpha value is -1.39. The van der Waals surface area contributed by atoms with Crippen LogP contribution in [0.2, 0.25) is 5.02 Å². The summed E-state index contributed by atoms with van der Waals surface area (Å²) in [6.07, 6.45) is 1.67. The van der Waals surface area contributed by atoms with Gasteiger partial charge in [-0.05, 0) is 24.5 Å². The maximum absolute atomic E-state index is 12.7. The smallest absolute Gasteiger partial charge is 0.236 e. The van der Waals surface area contributed by atoms with Crippen LogP contribution in [0.5, 0.6) is 0 Å². The minimum atomic E-state index is -0.480. The first-order valence-corrected chi connectivity index (χ1v) is 8.61. The summed E-state index contributed by atoms with van der Waals surface area (Å²) in [5, 5.41) is 6.29. The molecule has 116 valence electrons. The number of hydrogen-bond acceptors (Lipinski definition) is 3. The van der Waals surface area contributed by atoms with Crippen molar-refractivity contribution in [3.8, 4) is 0 Å². The first kappa shape index (κ1) is 15.5. The number of anilines is 1. The molecule has 2 aromatic rings. The molecule has 0 atom stereocenters.